The van der Waals surface area contributed by atoms with Gasteiger partial charge in [-0.2, -0.15) is 0 Å². The van der Waals surface area contributed by atoms with Crippen LogP contribution in [0.3, 0.4) is 0 Å². The molecule has 1 fully saturated rings. The molecule has 0 radical (unpaired) electrons. The summed E-state index contributed by atoms with van der Waals surface area (Å²) < 4.78 is 17.6. The highest BCUT2D eigenvalue weighted by Gasteiger charge is 2.47. The van der Waals surface area contributed by atoms with Gasteiger partial charge in [-0.1, -0.05) is 256 Å². The fourth-order valence-corrected chi connectivity index (χ4v) is 8.51. The molecule has 8 atom stereocenters. The third-order valence-corrected chi connectivity index (χ3v) is 13.3. The molecule has 450 valence electrons. The fourth-order valence-electron chi connectivity index (χ4n) is 8.51. The summed E-state index contributed by atoms with van der Waals surface area (Å²) in [6.45, 7) is 5.46. The zero-order valence-corrected chi connectivity index (χ0v) is 49.6. The van der Waals surface area contributed by atoms with E-state index in [9.17, 15) is 35.1 Å². The van der Waals surface area contributed by atoms with Gasteiger partial charge in [0, 0.05) is 6.42 Å². The zero-order valence-electron chi connectivity index (χ0n) is 49.6. The maximum Gasteiger partial charge on any atom is 0.306 e. The first kappa shape index (κ1) is 73.3. The Morgan fingerprint density at radius 2 is 0.963 bits per heavy atom. The molecule has 0 aromatic heterocycles. The van der Waals surface area contributed by atoms with Gasteiger partial charge in [-0.3, -0.25) is 9.59 Å². The number of unbranched alkanes of at least 4 members (excludes halogenated alkanes) is 16. The topological polar surface area (TPSA) is 175 Å². The summed E-state index contributed by atoms with van der Waals surface area (Å²) in [5.41, 5.74) is 0. The van der Waals surface area contributed by atoms with Crippen molar-refractivity contribution in [1.29, 1.82) is 0 Å². The molecule has 8 unspecified atom stereocenters. The number of aliphatic hydroxyl groups is 5. The van der Waals surface area contributed by atoms with Crippen molar-refractivity contribution in [1.82, 2.24) is 5.32 Å². The second-order valence-electron chi connectivity index (χ2n) is 20.5. The Balaban J connectivity index is 2.73. The Bertz CT molecular complexity index is 1900. The van der Waals surface area contributed by atoms with Gasteiger partial charge in [0.05, 0.1) is 25.4 Å². The molecule has 6 N–H and O–H groups in total. The first-order chi connectivity index (χ1) is 39.2. The van der Waals surface area contributed by atoms with E-state index in [1.165, 1.54) is 44.9 Å². The van der Waals surface area contributed by atoms with Crippen LogP contribution >= 0.6 is 0 Å². The van der Waals surface area contributed by atoms with Gasteiger partial charge >= 0.3 is 5.97 Å². The Morgan fingerprint density at radius 3 is 1.50 bits per heavy atom. The van der Waals surface area contributed by atoms with Crippen molar-refractivity contribution in [3.8, 4) is 0 Å². The number of aliphatic hydroxyl groups excluding tert-OH is 5. The molecular weight excluding hydrogens is 1000 g/mol. The number of amides is 1. The molecule has 1 rings (SSSR count). The standard InChI is InChI=1S/C69H109NO10/c1-4-7-10-13-16-19-22-25-27-29-30-31-32-33-34-35-37-39-42-45-48-51-54-57-64(74)80-67-66(76)65(75)63(58-71)79-69(67)78-59-60(61(72)55-52-49-46-43-40-24-21-18-15-12-9-6-3)70-68(77)62(73)56-53-50-47-44-41-38-36-28-26-23-20-17-14-11-8-5-2/h7-8,10-11,14,16-17,19-20,23,25-28,30-31,33-34,36-39,41,44,52,55,60-63,65-67,69,71-73,75-76H,4-6,9,12-13,15,18,21-22,24,29,32,35,40,42-43,45-51,53-54,56-59H2,1-3H3,(H,70,77)/b10-7-,11-8-,17-14+,19-16-,23-20+,27-25-,28-26-,31-30-,34-33-,38-36+,39-37-,44-41+,55-52+. The Labute approximate surface area is 485 Å². The third kappa shape index (κ3) is 42.2. The number of allylic oxidation sites excluding steroid dienone is 25. The SMILES string of the molecule is CC\C=C/C=C/C=C/C=C\C=C\C=C\CCCCC(O)C(=O)NC(COC1OC(CO)C(O)C(O)C1OC(=O)CCCCCC/C=C\C/C=C\C/C=C\C/C=C\C/C=C\C/C=C\CC)C(O)/C=C/CCCCCCCCCCCC. The van der Waals surface area contributed by atoms with E-state index in [2.05, 4.69) is 105 Å². The van der Waals surface area contributed by atoms with Crippen molar-refractivity contribution in [3.63, 3.8) is 0 Å². The van der Waals surface area contributed by atoms with E-state index in [1.54, 1.807) is 6.08 Å². The highest BCUT2D eigenvalue weighted by molar-refractivity contribution is 5.80. The molecule has 0 saturated carbocycles. The van der Waals surface area contributed by atoms with Gasteiger partial charge < -0.3 is 45.1 Å². The smallest absolute Gasteiger partial charge is 0.306 e. The average molecular weight is 1110 g/mol. The second-order valence-corrected chi connectivity index (χ2v) is 20.5. The Hall–Kier alpha value is -4.72. The number of rotatable bonds is 49. The van der Waals surface area contributed by atoms with E-state index < -0.39 is 67.4 Å². The van der Waals surface area contributed by atoms with Crippen LogP contribution in [0, 0.1) is 0 Å². The maximum atomic E-state index is 13.4. The van der Waals surface area contributed by atoms with Crippen LogP contribution in [0.1, 0.15) is 201 Å². The van der Waals surface area contributed by atoms with Crippen LogP contribution in [-0.2, 0) is 23.8 Å². The van der Waals surface area contributed by atoms with Crippen molar-refractivity contribution in [3.05, 3.63) is 158 Å². The molecule has 0 bridgehead atoms. The summed E-state index contributed by atoms with van der Waals surface area (Å²) >= 11 is 0. The van der Waals surface area contributed by atoms with Gasteiger partial charge in [0.1, 0.15) is 24.4 Å². The Morgan fingerprint density at radius 1 is 0.512 bits per heavy atom. The molecule has 0 spiro atoms. The summed E-state index contributed by atoms with van der Waals surface area (Å²) in [6, 6.07) is -1.07. The predicted octanol–water partition coefficient (Wildman–Crippen LogP) is 14.8. The minimum atomic E-state index is -1.65. The molecule has 0 aromatic carbocycles. The lowest BCUT2D eigenvalue weighted by Gasteiger charge is -2.41. The molecule has 1 saturated heterocycles. The van der Waals surface area contributed by atoms with Gasteiger partial charge in [-0.05, 0) is 96.3 Å². The van der Waals surface area contributed by atoms with Crippen molar-refractivity contribution < 1.29 is 49.3 Å². The average Bonchev–Trinajstić information content (AvgIpc) is 3.46. The maximum absolute atomic E-state index is 13.4. The van der Waals surface area contributed by atoms with E-state index >= 15 is 0 Å². The predicted molar refractivity (Wildman–Crippen MR) is 333 cm³/mol. The number of carbonyl (C=O) groups is 2. The summed E-state index contributed by atoms with van der Waals surface area (Å²) in [6.07, 6.45) is 69.9. The molecular formula is C69H109NO10. The van der Waals surface area contributed by atoms with Gasteiger partial charge in [0.2, 0.25) is 5.91 Å². The van der Waals surface area contributed by atoms with Crippen LogP contribution in [0.15, 0.2) is 158 Å². The number of carbonyl (C=O) groups excluding carboxylic acids is 2. The van der Waals surface area contributed by atoms with E-state index in [1.807, 2.05) is 72.9 Å². The van der Waals surface area contributed by atoms with Crippen LogP contribution < -0.4 is 5.32 Å². The molecule has 11 heteroatoms. The molecule has 0 aromatic rings. The van der Waals surface area contributed by atoms with Gasteiger partial charge in [-0.15, -0.1) is 0 Å². The van der Waals surface area contributed by atoms with Crippen LogP contribution in [0.25, 0.3) is 0 Å². The largest absolute Gasteiger partial charge is 0.454 e. The highest BCUT2D eigenvalue weighted by Crippen LogP contribution is 2.26. The minimum absolute atomic E-state index is 0.0771. The van der Waals surface area contributed by atoms with Crippen LogP contribution in [-0.4, -0.2) is 99.6 Å². The lowest BCUT2D eigenvalue weighted by Crippen LogP contribution is -2.61. The number of esters is 1. The van der Waals surface area contributed by atoms with E-state index in [0.29, 0.717) is 12.8 Å². The monoisotopic (exact) mass is 1110 g/mol. The van der Waals surface area contributed by atoms with E-state index in [4.69, 9.17) is 14.2 Å². The van der Waals surface area contributed by atoms with Crippen molar-refractivity contribution in [2.24, 2.45) is 0 Å². The molecule has 1 heterocycles. The highest BCUT2D eigenvalue weighted by atomic mass is 16.7. The molecule has 1 aliphatic rings. The second kappa shape index (κ2) is 54.8. The molecule has 1 aliphatic heterocycles. The first-order valence-electron chi connectivity index (χ1n) is 30.8. The normalized spacial score (nSPS) is 19.9. The number of hydrogen-bond donors (Lipinski definition) is 6. The van der Waals surface area contributed by atoms with Crippen molar-refractivity contribution in [2.45, 2.75) is 250 Å². The number of hydrogen-bond acceptors (Lipinski definition) is 10. The van der Waals surface area contributed by atoms with Crippen LogP contribution in [0.2, 0.25) is 0 Å². The fraction of sp³-hybridized carbons (Fsp3) is 0.594. The van der Waals surface area contributed by atoms with Crippen molar-refractivity contribution in [2.75, 3.05) is 13.2 Å². The van der Waals surface area contributed by atoms with E-state index in [0.717, 1.165) is 109 Å². The Kier molecular flexibility index (Phi) is 50.2. The molecule has 1 amide bonds. The van der Waals surface area contributed by atoms with E-state index in [-0.39, 0.29) is 19.4 Å². The first-order valence-corrected chi connectivity index (χ1v) is 30.8. The quantitative estimate of drug-likeness (QED) is 0.0149. The summed E-state index contributed by atoms with van der Waals surface area (Å²) in [5, 5.41) is 56.9. The summed E-state index contributed by atoms with van der Waals surface area (Å²) in [5.74, 6) is -1.28. The van der Waals surface area contributed by atoms with Crippen LogP contribution in [0.5, 0.6) is 0 Å². The minimum Gasteiger partial charge on any atom is -0.454 e. The molecule has 11 nitrogen and oxygen atoms in total. The number of ether oxygens (including phenoxy) is 3. The number of nitrogens with one attached hydrogen (secondary N) is 1. The molecule has 0 aliphatic carbocycles. The summed E-state index contributed by atoms with van der Waals surface area (Å²) in [7, 11) is 0. The lowest BCUT2D eigenvalue weighted by molar-refractivity contribution is -0.305. The lowest BCUT2D eigenvalue weighted by atomic mass is 9.99. The van der Waals surface area contributed by atoms with Gasteiger partial charge in [0.25, 0.3) is 0 Å². The van der Waals surface area contributed by atoms with Gasteiger partial charge in [0.15, 0.2) is 12.4 Å². The summed E-state index contributed by atoms with van der Waals surface area (Å²) in [4.78, 5) is 26.5. The molecule has 80 heavy (non-hydrogen) atoms. The zero-order chi connectivity index (χ0) is 58.2. The van der Waals surface area contributed by atoms with Crippen molar-refractivity contribution >= 4 is 11.9 Å². The van der Waals surface area contributed by atoms with Gasteiger partial charge in [-0.25, -0.2) is 0 Å². The van der Waals surface area contributed by atoms with Crippen LogP contribution in [0.4, 0.5) is 0 Å². The third-order valence-electron chi connectivity index (χ3n) is 13.3.